The van der Waals surface area contributed by atoms with E-state index in [0.29, 0.717) is 6.07 Å². The van der Waals surface area contributed by atoms with Crippen molar-refractivity contribution in [1.82, 2.24) is 4.98 Å². The lowest BCUT2D eigenvalue weighted by atomic mass is 10.2. The third-order valence-corrected chi connectivity index (χ3v) is 1.37. The van der Waals surface area contributed by atoms with Crippen molar-refractivity contribution in [3.05, 3.63) is 23.5 Å². The summed E-state index contributed by atoms with van der Waals surface area (Å²) in [6.07, 6.45) is -3.80. The van der Waals surface area contributed by atoms with Crippen molar-refractivity contribution in [3.63, 3.8) is 0 Å². The van der Waals surface area contributed by atoms with E-state index in [-0.39, 0.29) is 6.29 Å². The van der Waals surface area contributed by atoms with E-state index in [1.807, 2.05) is 0 Å². The molecule has 0 saturated heterocycles. The van der Waals surface area contributed by atoms with E-state index < -0.39 is 23.2 Å². The minimum Gasteiger partial charge on any atom is -0.505 e. The highest BCUT2D eigenvalue weighted by atomic mass is 19.4. The maximum absolute atomic E-state index is 12.1. The lowest BCUT2D eigenvalue weighted by Gasteiger charge is -2.08. The van der Waals surface area contributed by atoms with E-state index in [2.05, 4.69) is 4.98 Å². The number of hydrogen-bond acceptors (Lipinski definition) is 3. The number of carbonyl (C=O) groups excluding carboxylic acids is 1. The van der Waals surface area contributed by atoms with Crippen molar-refractivity contribution in [2.75, 3.05) is 0 Å². The van der Waals surface area contributed by atoms with Crippen LogP contribution in [0.4, 0.5) is 13.2 Å². The van der Waals surface area contributed by atoms with Gasteiger partial charge in [0.05, 0.1) is 0 Å². The summed E-state index contributed by atoms with van der Waals surface area (Å²) < 4.78 is 36.2. The number of alkyl halides is 3. The van der Waals surface area contributed by atoms with Gasteiger partial charge in [-0.05, 0) is 6.07 Å². The number of aldehydes is 1. The maximum atomic E-state index is 12.1. The molecule has 0 radical (unpaired) electrons. The first kappa shape index (κ1) is 9.50. The van der Waals surface area contributed by atoms with Gasteiger partial charge in [-0.15, -0.1) is 0 Å². The van der Waals surface area contributed by atoms with Gasteiger partial charge < -0.3 is 5.11 Å². The Kier molecular flexibility index (Phi) is 2.22. The first-order valence-electron chi connectivity index (χ1n) is 3.17. The van der Waals surface area contributed by atoms with Gasteiger partial charge in [0.15, 0.2) is 12.0 Å². The van der Waals surface area contributed by atoms with Crippen LogP contribution in [-0.2, 0) is 6.18 Å². The molecule has 0 fully saturated rings. The first-order valence-corrected chi connectivity index (χ1v) is 3.17. The SMILES string of the molecule is O=Cc1nccc(C(F)(F)F)c1O. The number of hydrogen-bond donors (Lipinski definition) is 1. The van der Waals surface area contributed by atoms with Crippen LogP contribution >= 0.6 is 0 Å². The minimum atomic E-state index is -4.68. The Labute approximate surface area is 70.8 Å². The number of aromatic nitrogens is 1. The van der Waals surface area contributed by atoms with Gasteiger partial charge in [-0.25, -0.2) is 4.98 Å². The molecule has 1 rings (SSSR count). The van der Waals surface area contributed by atoms with Crippen LogP contribution in [0.25, 0.3) is 0 Å². The Hall–Kier alpha value is -1.59. The summed E-state index contributed by atoms with van der Waals surface area (Å²) in [6.45, 7) is 0. The zero-order valence-corrected chi connectivity index (χ0v) is 6.17. The third kappa shape index (κ3) is 1.77. The molecule has 0 spiro atoms. The molecule has 0 bridgehead atoms. The number of aromatic hydroxyl groups is 1. The monoisotopic (exact) mass is 191 g/mol. The number of rotatable bonds is 1. The van der Waals surface area contributed by atoms with Gasteiger partial charge in [-0.2, -0.15) is 13.2 Å². The first-order chi connectivity index (χ1) is 5.96. The second-order valence-corrected chi connectivity index (χ2v) is 2.21. The van der Waals surface area contributed by atoms with Gasteiger partial charge in [0.25, 0.3) is 0 Å². The van der Waals surface area contributed by atoms with E-state index in [4.69, 9.17) is 5.11 Å². The van der Waals surface area contributed by atoms with E-state index >= 15 is 0 Å². The minimum absolute atomic E-state index is 0.0601. The average molecular weight is 191 g/mol. The van der Waals surface area contributed by atoms with Gasteiger partial charge in [-0.1, -0.05) is 0 Å². The Bertz CT molecular complexity index is 335. The normalized spacial score (nSPS) is 11.3. The number of carbonyl (C=O) groups is 1. The molecule has 0 aliphatic heterocycles. The summed E-state index contributed by atoms with van der Waals surface area (Å²) in [5.74, 6) is -1.13. The predicted octanol–water partition coefficient (Wildman–Crippen LogP) is 1.62. The van der Waals surface area contributed by atoms with Crippen molar-refractivity contribution >= 4 is 6.29 Å². The Balaban J connectivity index is 3.32. The molecule has 1 aromatic rings. The molecule has 1 N–H and O–H groups in total. The van der Waals surface area contributed by atoms with Crippen molar-refractivity contribution in [1.29, 1.82) is 0 Å². The van der Waals surface area contributed by atoms with E-state index in [1.54, 1.807) is 0 Å². The second-order valence-electron chi connectivity index (χ2n) is 2.21. The van der Waals surface area contributed by atoms with Crippen molar-refractivity contribution in [2.45, 2.75) is 6.18 Å². The zero-order chi connectivity index (χ0) is 10.1. The van der Waals surface area contributed by atoms with Gasteiger partial charge in [0.2, 0.25) is 0 Å². The molecule has 13 heavy (non-hydrogen) atoms. The smallest absolute Gasteiger partial charge is 0.420 e. The Morgan fingerprint density at radius 1 is 1.46 bits per heavy atom. The molecule has 1 heterocycles. The zero-order valence-electron chi connectivity index (χ0n) is 6.17. The molecule has 0 amide bonds. The van der Waals surface area contributed by atoms with Crippen molar-refractivity contribution < 1.29 is 23.1 Å². The molecule has 0 atom stereocenters. The van der Waals surface area contributed by atoms with Gasteiger partial charge in [0.1, 0.15) is 11.3 Å². The molecule has 6 heteroatoms. The highest BCUT2D eigenvalue weighted by Gasteiger charge is 2.34. The van der Waals surface area contributed by atoms with Crippen molar-refractivity contribution in [2.24, 2.45) is 0 Å². The van der Waals surface area contributed by atoms with Crippen LogP contribution in [-0.4, -0.2) is 16.4 Å². The molecule has 1 aromatic heterocycles. The average Bonchev–Trinajstić information content (AvgIpc) is 2.02. The lowest BCUT2D eigenvalue weighted by molar-refractivity contribution is -0.138. The van der Waals surface area contributed by atoms with Crippen LogP contribution in [0.2, 0.25) is 0 Å². The maximum Gasteiger partial charge on any atom is 0.420 e. The Morgan fingerprint density at radius 2 is 2.08 bits per heavy atom. The fourth-order valence-corrected chi connectivity index (χ4v) is 0.785. The van der Waals surface area contributed by atoms with Crippen LogP contribution in [0, 0.1) is 0 Å². The van der Waals surface area contributed by atoms with Gasteiger partial charge in [-0.3, -0.25) is 4.79 Å². The molecule has 0 aliphatic carbocycles. The van der Waals surface area contributed by atoms with Crippen LogP contribution in [0.5, 0.6) is 5.75 Å². The summed E-state index contributed by atoms with van der Waals surface area (Å²) >= 11 is 0. The number of halogens is 3. The highest BCUT2D eigenvalue weighted by Crippen LogP contribution is 2.35. The molecular formula is C7H4F3NO2. The number of nitrogens with zero attached hydrogens (tertiary/aromatic N) is 1. The van der Waals surface area contributed by atoms with Gasteiger partial charge in [0, 0.05) is 6.20 Å². The largest absolute Gasteiger partial charge is 0.505 e. The topological polar surface area (TPSA) is 50.2 Å². The molecule has 0 aliphatic rings. The highest BCUT2D eigenvalue weighted by molar-refractivity contribution is 5.76. The standard InChI is InChI=1S/C7H4F3NO2/c8-7(9,10)4-1-2-11-5(3-12)6(4)13/h1-3,13H. The van der Waals surface area contributed by atoms with E-state index in [1.165, 1.54) is 0 Å². The number of pyridine rings is 1. The molecule has 0 saturated carbocycles. The summed E-state index contributed by atoms with van der Waals surface area (Å²) in [7, 11) is 0. The third-order valence-electron chi connectivity index (χ3n) is 1.37. The quantitative estimate of drug-likeness (QED) is 0.686. The second kappa shape index (κ2) is 3.04. The summed E-state index contributed by atoms with van der Waals surface area (Å²) in [6, 6.07) is 0.600. The van der Waals surface area contributed by atoms with Crippen LogP contribution in [0.1, 0.15) is 16.1 Å². The molecular weight excluding hydrogens is 187 g/mol. The van der Waals surface area contributed by atoms with Gasteiger partial charge >= 0.3 is 6.18 Å². The fourth-order valence-electron chi connectivity index (χ4n) is 0.785. The van der Waals surface area contributed by atoms with Crippen molar-refractivity contribution in [3.8, 4) is 5.75 Å². The summed E-state index contributed by atoms with van der Waals surface area (Å²) in [5.41, 5.74) is -1.88. The van der Waals surface area contributed by atoms with E-state index in [9.17, 15) is 18.0 Å². The van der Waals surface area contributed by atoms with Crippen LogP contribution in [0.15, 0.2) is 12.3 Å². The molecule has 3 nitrogen and oxygen atoms in total. The molecule has 70 valence electrons. The van der Waals surface area contributed by atoms with Crippen LogP contribution in [0.3, 0.4) is 0 Å². The fraction of sp³-hybridized carbons (Fsp3) is 0.143. The Morgan fingerprint density at radius 3 is 2.54 bits per heavy atom. The molecule has 0 unspecified atom stereocenters. The molecule has 0 aromatic carbocycles. The lowest BCUT2D eigenvalue weighted by Crippen LogP contribution is -2.07. The van der Waals surface area contributed by atoms with Crippen LogP contribution < -0.4 is 0 Å². The summed E-state index contributed by atoms with van der Waals surface area (Å²) in [5, 5.41) is 8.91. The predicted molar refractivity (Wildman–Crippen MR) is 36.3 cm³/mol. The van der Waals surface area contributed by atoms with E-state index in [0.717, 1.165) is 6.20 Å². The summed E-state index contributed by atoms with van der Waals surface area (Å²) in [4.78, 5) is 13.4.